The van der Waals surface area contributed by atoms with E-state index in [9.17, 15) is 0 Å². The van der Waals surface area contributed by atoms with Crippen molar-refractivity contribution in [1.82, 2.24) is 0 Å². The molecule has 1 saturated heterocycles. The van der Waals surface area contributed by atoms with Crippen molar-refractivity contribution in [2.45, 2.75) is 51.6 Å². The minimum atomic E-state index is 0.593. The topological polar surface area (TPSA) is 9.23 Å². The largest absolute Gasteiger partial charge is 0.378 e. The van der Waals surface area contributed by atoms with Crippen molar-refractivity contribution in [2.24, 2.45) is 0 Å². The lowest BCUT2D eigenvalue weighted by Gasteiger charge is -2.07. The Morgan fingerprint density at radius 3 is 3.00 bits per heavy atom. The van der Waals surface area contributed by atoms with E-state index < -0.39 is 0 Å². The average molecular weight is 168 g/mol. The van der Waals surface area contributed by atoms with E-state index in [0.717, 1.165) is 6.61 Å². The number of rotatable bonds is 5. The highest BCUT2D eigenvalue weighted by atomic mass is 16.5. The molecule has 1 heteroatoms. The first kappa shape index (κ1) is 9.79. The van der Waals surface area contributed by atoms with Gasteiger partial charge in [0.05, 0.1) is 6.10 Å². The lowest BCUT2D eigenvalue weighted by atomic mass is 10.1. The van der Waals surface area contributed by atoms with Gasteiger partial charge in [-0.3, -0.25) is 0 Å². The van der Waals surface area contributed by atoms with Crippen LogP contribution in [0.3, 0.4) is 0 Å². The van der Waals surface area contributed by atoms with Gasteiger partial charge in [0.2, 0.25) is 0 Å². The van der Waals surface area contributed by atoms with Crippen molar-refractivity contribution in [1.29, 1.82) is 0 Å². The molecule has 70 valence electrons. The molecule has 1 atom stereocenters. The Morgan fingerprint density at radius 2 is 2.33 bits per heavy atom. The Bertz CT molecular complexity index is 123. The van der Waals surface area contributed by atoms with Gasteiger partial charge >= 0.3 is 0 Å². The third-order valence-corrected chi connectivity index (χ3v) is 2.41. The standard InChI is InChI=1S/C11H20O/c1-2-3-4-5-6-8-11-9-7-10-12-11/h2-3,11H,4-10H2,1H3. The van der Waals surface area contributed by atoms with Gasteiger partial charge in [-0.05, 0) is 39.0 Å². The maximum atomic E-state index is 5.54. The van der Waals surface area contributed by atoms with Crippen LogP contribution in [0.5, 0.6) is 0 Å². The second-order valence-corrected chi connectivity index (χ2v) is 3.49. The highest BCUT2D eigenvalue weighted by molar-refractivity contribution is 4.76. The third kappa shape index (κ3) is 3.91. The van der Waals surface area contributed by atoms with Gasteiger partial charge in [-0.15, -0.1) is 0 Å². The summed E-state index contributed by atoms with van der Waals surface area (Å²) in [5.74, 6) is 0. The molecular weight excluding hydrogens is 148 g/mol. The number of ether oxygens (including phenoxy) is 1. The van der Waals surface area contributed by atoms with E-state index in [4.69, 9.17) is 4.74 Å². The molecule has 0 aromatic carbocycles. The lowest BCUT2D eigenvalue weighted by Crippen LogP contribution is -2.03. The molecule has 0 saturated carbocycles. The van der Waals surface area contributed by atoms with Gasteiger partial charge in [-0.25, -0.2) is 0 Å². The van der Waals surface area contributed by atoms with Crippen LogP contribution < -0.4 is 0 Å². The molecule has 1 unspecified atom stereocenters. The summed E-state index contributed by atoms with van der Waals surface area (Å²) < 4.78 is 5.54. The molecule has 0 amide bonds. The quantitative estimate of drug-likeness (QED) is 0.452. The predicted octanol–water partition coefficient (Wildman–Crippen LogP) is 3.30. The number of allylic oxidation sites excluding steroid dienone is 2. The second-order valence-electron chi connectivity index (χ2n) is 3.49. The molecule has 0 radical (unpaired) electrons. The van der Waals surface area contributed by atoms with Crippen molar-refractivity contribution in [3.63, 3.8) is 0 Å². The molecule has 1 rings (SSSR count). The van der Waals surface area contributed by atoms with Crippen LogP contribution in [0.4, 0.5) is 0 Å². The summed E-state index contributed by atoms with van der Waals surface area (Å²) >= 11 is 0. The Kier molecular flexibility index (Phi) is 5.09. The van der Waals surface area contributed by atoms with Crippen LogP contribution in [0.25, 0.3) is 0 Å². The molecule has 0 aliphatic carbocycles. The highest BCUT2D eigenvalue weighted by Gasteiger charge is 2.13. The summed E-state index contributed by atoms with van der Waals surface area (Å²) in [7, 11) is 0. The molecule has 0 bridgehead atoms. The molecule has 0 aromatic heterocycles. The van der Waals surface area contributed by atoms with Crippen LogP contribution in [0.2, 0.25) is 0 Å². The first-order valence-electron chi connectivity index (χ1n) is 5.16. The van der Waals surface area contributed by atoms with Crippen molar-refractivity contribution >= 4 is 0 Å². The van der Waals surface area contributed by atoms with Crippen molar-refractivity contribution in [3.05, 3.63) is 12.2 Å². The fourth-order valence-corrected chi connectivity index (χ4v) is 1.67. The average Bonchev–Trinajstić information content (AvgIpc) is 2.57. The van der Waals surface area contributed by atoms with Crippen LogP contribution in [0.15, 0.2) is 12.2 Å². The zero-order valence-electron chi connectivity index (χ0n) is 8.09. The minimum absolute atomic E-state index is 0.593. The molecule has 1 fully saturated rings. The highest BCUT2D eigenvalue weighted by Crippen LogP contribution is 2.17. The van der Waals surface area contributed by atoms with E-state index in [1.54, 1.807) is 0 Å². The summed E-state index contributed by atoms with van der Waals surface area (Å²) in [4.78, 5) is 0. The fraction of sp³-hybridized carbons (Fsp3) is 0.818. The Morgan fingerprint density at radius 1 is 1.42 bits per heavy atom. The van der Waals surface area contributed by atoms with Crippen LogP contribution in [0, 0.1) is 0 Å². The SMILES string of the molecule is CC=CCCCCC1CCCO1. The van der Waals surface area contributed by atoms with E-state index in [1.807, 2.05) is 0 Å². The first-order chi connectivity index (χ1) is 5.93. The number of hydrogen-bond acceptors (Lipinski definition) is 1. The van der Waals surface area contributed by atoms with Crippen LogP contribution in [0.1, 0.15) is 45.4 Å². The molecule has 0 spiro atoms. The van der Waals surface area contributed by atoms with Gasteiger partial charge in [0.1, 0.15) is 0 Å². The van der Waals surface area contributed by atoms with E-state index in [2.05, 4.69) is 19.1 Å². The Labute approximate surface area is 75.8 Å². The number of hydrogen-bond donors (Lipinski definition) is 0. The van der Waals surface area contributed by atoms with Gasteiger partial charge in [0, 0.05) is 6.61 Å². The molecule has 1 aliphatic heterocycles. The second kappa shape index (κ2) is 6.24. The van der Waals surface area contributed by atoms with Crippen molar-refractivity contribution in [3.8, 4) is 0 Å². The van der Waals surface area contributed by atoms with Gasteiger partial charge in [0.25, 0.3) is 0 Å². The smallest absolute Gasteiger partial charge is 0.0576 e. The maximum absolute atomic E-state index is 5.54. The maximum Gasteiger partial charge on any atom is 0.0576 e. The molecule has 1 nitrogen and oxygen atoms in total. The molecule has 1 aliphatic rings. The summed E-state index contributed by atoms with van der Waals surface area (Å²) in [6.45, 7) is 3.08. The van der Waals surface area contributed by atoms with Crippen molar-refractivity contribution in [2.75, 3.05) is 6.61 Å². The number of unbranched alkanes of at least 4 members (excludes halogenated alkanes) is 2. The zero-order valence-corrected chi connectivity index (χ0v) is 8.09. The fourth-order valence-electron chi connectivity index (χ4n) is 1.67. The summed E-state index contributed by atoms with van der Waals surface area (Å²) in [6, 6.07) is 0. The first-order valence-corrected chi connectivity index (χ1v) is 5.16. The monoisotopic (exact) mass is 168 g/mol. The molecule has 0 aromatic rings. The summed E-state index contributed by atoms with van der Waals surface area (Å²) in [5, 5.41) is 0. The zero-order chi connectivity index (χ0) is 8.65. The van der Waals surface area contributed by atoms with Crippen LogP contribution >= 0.6 is 0 Å². The van der Waals surface area contributed by atoms with E-state index >= 15 is 0 Å². The van der Waals surface area contributed by atoms with E-state index in [0.29, 0.717) is 6.10 Å². The van der Waals surface area contributed by atoms with Crippen LogP contribution in [-0.4, -0.2) is 12.7 Å². The predicted molar refractivity (Wildman–Crippen MR) is 52.3 cm³/mol. The van der Waals surface area contributed by atoms with Crippen molar-refractivity contribution < 1.29 is 4.74 Å². The van der Waals surface area contributed by atoms with Gasteiger partial charge in [-0.1, -0.05) is 18.6 Å². The Balaban J connectivity index is 1.87. The summed E-state index contributed by atoms with van der Waals surface area (Å²) in [6.07, 6.45) is 12.7. The van der Waals surface area contributed by atoms with E-state index in [1.165, 1.54) is 38.5 Å². The molecule has 12 heavy (non-hydrogen) atoms. The normalized spacial score (nSPS) is 23.9. The van der Waals surface area contributed by atoms with Crippen LogP contribution in [-0.2, 0) is 4.74 Å². The van der Waals surface area contributed by atoms with Gasteiger partial charge in [0.15, 0.2) is 0 Å². The van der Waals surface area contributed by atoms with Gasteiger partial charge < -0.3 is 4.74 Å². The molecule has 0 N–H and O–H groups in total. The molecular formula is C11H20O. The molecule has 1 heterocycles. The van der Waals surface area contributed by atoms with Gasteiger partial charge in [-0.2, -0.15) is 0 Å². The Hall–Kier alpha value is -0.300. The van der Waals surface area contributed by atoms with E-state index in [-0.39, 0.29) is 0 Å². The summed E-state index contributed by atoms with van der Waals surface area (Å²) in [5.41, 5.74) is 0. The minimum Gasteiger partial charge on any atom is -0.378 e. The lowest BCUT2D eigenvalue weighted by molar-refractivity contribution is 0.102. The third-order valence-electron chi connectivity index (χ3n) is 2.41.